The number of hydrogen-bond donors (Lipinski definition) is 0. The van der Waals surface area contributed by atoms with Crippen LogP contribution >= 0.6 is 0 Å². The predicted octanol–water partition coefficient (Wildman–Crippen LogP) is 12.4. The van der Waals surface area contributed by atoms with Crippen LogP contribution in [0.25, 0.3) is 99.9 Å². The molecule has 10 rings (SSSR count). The summed E-state index contributed by atoms with van der Waals surface area (Å²) in [4.78, 5) is 15.4. The van der Waals surface area contributed by atoms with E-state index in [1.54, 1.807) is 0 Å². The summed E-state index contributed by atoms with van der Waals surface area (Å²) in [6.07, 6.45) is 0. The zero-order chi connectivity index (χ0) is 33.7. The molecule has 51 heavy (non-hydrogen) atoms. The highest BCUT2D eigenvalue weighted by Gasteiger charge is 2.18. The highest BCUT2D eigenvalue weighted by molar-refractivity contribution is 6.13. The number of fused-ring (bicyclic) bond motifs is 5. The van der Waals surface area contributed by atoms with Gasteiger partial charge in [-0.3, -0.25) is 0 Å². The molecule has 0 bridgehead atoms. The number of para-hydroxylation sites is 1. The fourth-order valence-corrected chi connectivity index (χ4v) is 7.10. The van der Waals surface area contributed by atoms with Crippen LogP contribution in [0, 0.1) is 0 Å². The monoisotopic (exact) mass is 651 g/mol. The van der Waals surface area contributed by atoms with Crippen LogP contribution in [0.4, 0.5) is 0 Å². The fraction of sp³-hybridized carbons (Fsp3) is 0. The lowest BCUT2D eigenvalue weighted by molar-refractivity contribution is 0.669. The van der Waals surface area contributed by atoms with Gasteiger partial charge in [0.15, 0.2) is 17.5 Å². The Hall–Kier alpha value is -6.91. The third-order valence-corrected chi connectivity index (χ3v) is 9.69. The lowest BCUT2D eigenvalue weighted by Crippen LogP contribution is -2.00. The zero-order valence-electron chi connectivity index (χ0n) is 27.5. The van der Waals surface area contributed by atoms with Crippen LogP contribution in [0.15, 0.2) is 180 Å². The Morgan fingerprint density at radius 3 is 1.57 bits per heavy atom. The standard InChI is InChI=1S/C47H29N3O/c1-2-12-33(13-3-1)41-28-39(29-43-44(41)40-16-8-9-17-42(40)51-43)47-49-45(48-46(50-47)38-25-21-31-11-5-7-15-36(31)27-38)34-22-18-32(19-23-34)37-24-20-30-10-4-6-14-35(30)26-37/h1-29H. The molecule has 0 saturated carbocycles. The summed E-state index contributed by atoms with van der Waals surface area (Å²) in [6.45, 7) is 0. The minimum absolute atomic E-state index is 0.585. The van der Waals surface area contributed by atoms with Crippen molar-refractivity contribution in [2.45, 2.75) is 0 Å². The zero-order valence-corrected chi connectivity index (χ0v) is 27.5. The van der Waals surface area contributed by atoms with Crippen molar-refractivity contribution >= 4 is 43.5 Å². The summed E-state index contributed by atoms with van der Waals surface area (Å²) in [5.74, 6) is 1.81. The Labute approximate surface area is 294 Å². The summed E-state index contributed by atoms with van der Waals surface area (Å²) < 4.78 is 6.47. The Morgan fingerprint density at radius 1 is 0.314 bits per heavy atom. The maximum atomic E-state index is 6.47. The van der Waals surface area contributed by atoms with Gasteiger partial charge in [-0.15, -0.1) is 0 Å². The number of benzene rings is 8. The molecule has 0 radical (unpaired) electrons. The van der Waals surface area contributed by atoms with Gasteiger partial charge in [0.1, 0.15) is 11.2 Å². The van der Waals surface area contributed by atoms with Crippen LogP contribution in [-0.2, 0) is 0 Å². The van der Waals surface area contributed by atoms with E-state index < -0.39 is 0 Å². The van der Waals surface area contributed by atoms with Gasteiger partial charge in [-0.2, -0.15) is 0 Å². The number of nitrogens with zero attached hydrogens (tertiary/aromatic N) is 3. The molecule has 2 aromatic heterocycles. The van der Waals surface area contributed by atoms with Crippen molar-refractivity contribution in [3.05, 3.63) is 176 Å². The van der Waals surface area contributed by atoms with Gasteiger partial charge in [0.05, 0.1) is 0 Å². The smallest absolute Gasteiger partial charge is 0.164 e. The van der Waals surface area contributed by atoms with Crippen molar-refractivity contribution in [3.8, 4) is 56.4 Å². The highest BCUT2D eigenvalue weighted by Crippen LogP contribution is 2.40. The van der Waals surface area contributed by atoms with Crippen molar-refractivity contribution in [2.24, 2.45) is 0 Å². The topological polar surface area (TPSA) is 51.8 Å². The van der Waals surface area contributed by atoms with Gasteiger partial charge in [0.2, 0.25) is 0 Å². The summed E-state index contributed by atoms with van der Waals surface area (Å²) in [7, 11) is 0. The Kier molecular flexibility index (Phi) is 6.78. The van der Waals surface area contributed by atoms with Gasteiger partial charge in [-0.25, -0.2) is 15.0 Å². The van der Waals surface area contributed by atoms with Crippen LogP contribution < -0.4 is 0 Å². The van der Waals surface area contributed by atoms with Crippen LogP contribution in [0.2, 0.25) is 0 Å². The Bertz CT molecular complexity index is 2910. The number of rotatable bonds is 5. The SMILES string of the molecule is c1ccc(-c2cc(-c3nc(-c4ccc(-c5ccc6ccccc6c5)cc4)nc(-c4ccc5ccccc5c4)n3)cc3oc4ccccc4c23)cc1. The second-order valence-electron chi connectivity index (χ2n) is 12.9. The Morgan fingerprint density at radius 2 is 0.843 bits per heavy atom. The molecular weight excluding hydrogens is 623 g/mol. The first-order valence-electron chi connectivity index (χ1n) is 17.1. The van der Waals surface area contributed by atoms with E-state index in [-0.39, 0.29) is 0 Å². The van der Waals surface area contributed by atoms with Crippen LogP contribution in [0.3, 0.4) is 0 Å². The molecule has 0 atom stereocenters. The molecule has 238 valence electrons. The third-order valence-electron chi connectivity index (χ3n) is 9.69. The summed E-state index contributed by atoms with van der Waals surface area (Å²) in [5.41, 5.74) is 8.82. The van der Waals surface area contributed by atoms with E-state index in [1.807, 2.05) is 18.2 Å². The number of furan rings is 1. The number of aromatic nitrogens is 3. The molecule has 0 N–H and O–H groups in total. The van der Waals surface area contributed by atoms with Gasteiger partial charge in [0, 0.05) is 27.5 Å². The summed E-state index contributed by atoms with van der Waals surface area (Å²) in [5, 5.41) is 6.91. The lowest BCUT2D eigenvalue weighted by atomic mass is 9.96. The minimum atomic E-state index is 0.585. The van der Waals surface area contributed by atoms with Gasteiger partial charge in [-0.1, -0.05) is 146 Å². The van der Waals surface area contributed by atoms with E-state index in [0.717, 1.165) is 60.7 Å². The van der Waals surface area contributed by atoms with Gasteiger partial charge in [0.25, 0.3) is 0 Å². The van der Waals surface area contributed by atoms with E-state index in [9.17, 15) is 0 Å². The molecule has 4 heteroatoms. The molecule has 0 amide bonds. The molecule has 0 aliphatic carbocycles. The molecule has 8 aromatic carbocycles. The minimum Gasteiger partial charge on any atom is -0.456 e. The molecule has 0 aliphatic heterocycles. The largest absolute Gasteiger partial charge is 0.456 e. The Balaban J connectivity index is 1.15. The first-order valence-corrected chi connectivity index (χ1v) is 17.1. The lowest BCUT2D eigenvalue weighted by Gasteiger charge is -2.11. The normalized spacial score (nSPS) is 11.5. The quantitative estimate of drug-likeness (QED) is 0.186. The molecule has 4 nitrogen and oxygen atoms in total. The second-order valence-corrected chi connectivity index (χ2v) is 12.9. The molecule has 2 heterocycles. The van der Waals surface area contributed by atoms with Crippen molar-refractivity contribution in [3.63, 3.8) is 0 Å². The van der Waals surface area contributed by atoms with E-state index in [2.05, 4.69) is 158 Å². The average Bonchev–Trinajstić information content (AvgIpc) is 3.59. The highest BCUT2D eigenvalue weighted by atomic mass is 16.3. The first-order chi connectivity index (χ1) is 25.2. The van der Waals surface area contributed by atoms with Crippen LogP contribution in [-0.4, -0.2) is 15.0 Å². The van der Waals surface area contributed by atoms with Crippen molar-refractivity contribution in [1.29, 1.82) is 0 Å². The summed E-state index contributed by atoms with van der Waals surface area (Å²) >= 11 is 0. The second kappa shape index (κ2) is 11.9. The number of hydrogen-bond acceptors (Lipinski definition) is 4. The molecule has 0 fully saturated rings. The maximum absolute atomic E-state index is 6.47. The summed E-state index contributed by atoms with van der Waals surface area (Å²) in [6, 6.07) is 61.1. The molecule has 10 aromatic rings. The van der Waals surface area contributed by atoms with Gasteiger partial charge in [-0.05, 0) is 74.1 Å². The van der Waals surface area contributed by atoms with E-state index >= 15 is 0 Å². The van der Waals surface area contributed by atoms with Crippen molar-refractivity contribution in [1.82, 2.24) is 15.0 Å². The average molecular weight is 652 g/mol. The molecule has 0 saturated heterocycles. The maximum Gasteiger partial charge on any atom is 0.164 e. The van der Waals surface area contributed by atoms with E-state index in [4.69, 9.17) is 19.4 Å². The van der Waals surface area contributed by atoms with Gasteiger partial charge >= 0.3 is 0 Å². The molecular formula is C47H29N3O. The fourth-order valence-electron chi connectivity index (χ4n) is 7.10. The third kappa shape index (κ3) is 5.22. The molecule has 0 unspecified atom stereocenters. The van der Waals surface area contributed by atoms with Crippen LogP contribution in [0.1, 0.15) is 0 Å². The van der Waals surface area contributed by atoms with Crippen molar-refractivity contribution < 1.29 is 4.42 Å². The first kappa shape index (κ1) is 29.0. The van der Waals surface area contributed by atoms with E-state index in [1.165, 1.54) is 21.7 Å². The van der Waals surface area contributed by atoms with Crippen LogP contribution in [0.5, 0.6) is 0 Å². The van der Waals surface area contributed by atoms with Gasteiger partial charge < -0.3 is 4.42 Å². The molecule has 0 spiro atoms. The van der Waals surface area contributed by atoms with Crippen molar-refractivity contribution in [2.75, 3.05) is 0 Å². The molecule has 0 aliphatic rings. The van der Waals surface area contributed by atoms with E-state index in [0.29, 0.717) is 17.5 Å². The predicted molar refractivity (Wildman–Crippen MR) is 209 cm³/mol.